The molecule has 244 valence electrons. The van der Waals surface area contributed by atoms with Gasteiger partial charge < -0.3 is 33.7 Å². The zero-order valence-electron chi connectivity index (χ0n) is 26.2. The van der Waals surface area contributed by atoms with Crippen LogP contribution in [0.25, 0.3) is 0 Å². The Balaban J connectivity index is 1.51. The quantitative estimate of drug-likeness (QED) is 0.135. The van der Waals surface area contributed by atoms with Crippen molar-refractivity contribution in [1.29, 1.82) is 0 Å². The molecule has 0 spiro atoms. The molecule has 4 atom stereocenters. The van der Waals surface area contributed by atoms with Crippen LogP contribution >= 0.6 is 0 Å². The molecular weight excluding hydrogens is 596 g/mol. The first-order valence-electron chi connectivity index (χ1n) is 14.9. The SMILES string of the molecule is COc1ccnc(C(=O)NC2COC(=O)C(Cc3ccccc3)C(OC(=O)C(C)C)C(C)OC2=O)c1OCOCc1ccccc1. The molecule has 46 heavy (non-hydrogen) atoms. The minimum Gasteiger partial charge on any atom is -0.493 e. The van der Waals surface area contributed by atoms with Gasteiger partial charge in [0.25, 0.3) is 5.91 Å². The Morgan fingerprint density at radius 2 is 1.65 bits per heavy atom. The number of rotatable bonds is 12. The molecule has 1 saturated heterocycles. The van der Waals surface area contributed by atoms with Gasteiger partial charge in [0.1, 0.15) is 18.6 Å². The molecule has 4 unspecified atom stereocenters. The van der Waals surface area contributed by atoms with Crippen LogP contribution in [0.1, 0.15) is 42.4 Å². The third-order valence-corrected chi connectivity index (χ3v) is 7.17. The smallest absolute Gasteiger partial charge is 0.332 e. The number of esters is 3. The third kappa shape index (κ3) is 9.04. The lowest BCUT2D eigenvalue weighted by atomic mass is 9.91. The van der Waals surface area contributed by atoms with Gasteiger partial charge in [-0.25, -0.2) is 9.78 Å². The predicted molar refractivity (Wildman–Crippen MR) is 164 cm³/mol. The molecule has 0 bridgehead atoms. The molecule has 4 rings (SSSR count). The first kappa shape index (κ1) is 33.9. The zero-order chi connectivity index (χ0) is 33.1. The number of aromatic nitrogens is 1. The third-order valence-electron chi connectivity index (χ3n) is 7.17. The maximum Gasteiger partial charge on any atom is 0.332 e. The van der Waals surface area contributed by atoms with Crippen molar-refractivity contribution >= 4 is 23.8 Å². The highest BCUT2D eigenvalue weighted by Gasteiger charge is 2.42. The summed E-state index contributed by atoms with van der Waals surface area (Å²) < 4.78 is 33.6. The number of amides is 1. The topological polar surface area (TPSA) is 149 Å². The number of cyclic esters (lactones) is 2. The molecule has 0 radical (unpaired) electrons. The molecule has 1 aromatic heterocycles. The monoisotopic (exact) mass is 634 g/mol. The zero-order valence-corrected chi connectivity index (χ0v) is 26.2. The molecule has 2 heterocycles. The van der Waals surface area contributed by atoms with Gasteiger partial charge in [-0.3, -0.25) is 14.4 Å². The van der Waals surface area contributed by atoms with E-state index in [1.807, 2.05) is 60.7 Å². The van der Waals surface area contributed by atoms with Gasteiger partial charge >= 0.3 is 17.9 Å². The Bertz CT molecular complexity index is 1480. The summed E-state index contributed by atoms with van der Waals surface area (Å²) in [6.45, 7) is 4.34. The van der Waals surface area contributed by atoms with Crippen LogP contribution in [0.2, 0.25) is 0 Å². The number of pyridine rings is 1. The van der Waals surface area contributed by atoms with Crippen molar-refractivity contribution in [1.82, 2.24) is 10.3 Å². The van der Waals surface area contributed by atoms with Crippen LogP contribution in [0.4, 0.5) is 0 Å². The van der Waals surface area contributed by atoms with Crippen molar-refractivity contribution in [3.63, 3.8) is 0 Å². The molecule has 2 aromatic carbocycles. The Morgan fingerprint density at radius 1 is 0.978 bits per heavy atom. The summed E-state index contributed by atoms with van der Waals surface area (Å²) in [5.74, 6) is -4.27. The number of nitrogens with zero attached hydrogens (tertiary/aromatic N) is 1. The van der Waals surface area contributed by atoms with Gasteiger partial charge in [0.05, 0.1) is 19.6 Å². The molecule has 0 saturated carbocycles. The highest BCUT2D eigenvalue weighted by atomic mass is 16.7. The minimum atomic E-state index is -1.41. The maximum absolute atomic E-state index is 13.5. The number of carbonyl (C=O) groups is 4. The van der Waals surface area contributed by atoms with Gasteiger partial charge in [-0.15, -0.1) is 0 Å². The Kier molecular flexibility index (Phi) is 12.1. The van der Waals surface area contributed by atoms with Crippen LogP contribution in [0.15, 0.2) is 72.9 Å². The normalized spacial score (nSPS) is 19.9. The molecule has 1 N–H and O–H groups in total. The van der Waals surface area contributed by atoms with Crippen LogP contribution in [0.3, 0.4) is 0 Å². The molecule has 1 aliphatic rings. The minimum absolute atomic E-state index is 0.0130. The highest BCUT2D eigenvalue weighted by molar-refractivity contribution is 5.98. The molecular formula is C34H38N2O10. The summed E-state index contributed by atoms with van der Waals surface area (Å²) in [6, 6.07) is 18.7. The van der Waals surface area contributed by atoms with Crippen LogP contribution in [-0.2, 0) is 46.4 Å². The summed E-state index contributed by atoms with van der Waals surface area (Å²) in [4.78, 5) is 57.0. The standard InChI is InChI=1S/C34H38N2O10/c1-21(2)32(38)46-29-22(3)45-34(40)26(19-43-33(39)25(29)17-23-11-7-5-8-12-23)36-31(37)28-30(27(41-4)15-16-35-28)44-20-42-18-24-13-9-6-10-14-24/h5-16,21-22,25-26,29H,17-20H2,1-4H3,(H,36,37). The van der Waals surface area contributed by atoms with Crippen LogP contribution in [0.5, 0.6) is 11.5 Å². The first-order valence-corrected chi connectivity index (χ1v) is 14.9. The number of methoxy groups -OCH3 is 1. The fourth-order valence-corrected chi connectivity index (χ4v) is 4.70. The summed E-state index contributed by atoms with van der Waals surface area (Å²) in [5.41, 5.74) is 1.53. The van der Waals surface area contributed by atoms with Crippen molar-refractivity contribution in [2.45, 2.75) is 52.0 Å². The van der Waals surface area contributed by atoms with Crippen molar-refractivity contribution in [2.75, 3.05) is 20.5 Å². The fourth-order valence-electron chi connectivity index (χ4n) is 4.70. The van der Waals surface area contributed by atoms with Gasteiger partial charge in [-0.05, 0) is 24.5 Å². The molecule has 1 amide bonds. The lowest BCUT2D eigenvalue weighted by molar-refractivity contribution is -0.176. The summed E-state index contributed by atoms with van der Waals surface area (Å²) in [6.07, 6.45) is -0.687. The van der Waals surface area contributed by atoms with Crippen molar-refractivity contribution < 1.29 is 47.6 Å². The number of benzene rings is 2. The molecule has 1 fully saturated rings. The van der Waals surface area contributed by atoms with Crippen molar-refractivity contribution in [3.8, 4) is 11.5 Å². The Hall–Kier alpha value is -4.97. The second-order valence-corrected chi connectivity index (χ2v) is 10.9. The average Bonchev–Trinajstić information content (AvgIpc) is 3.09. The largest absolute Gasteiger partial charge is 0.493 e. The molecule has 1 aliphatic heterocycles. The first-order chi connectivity index (χ1) is 22.2. The van der Waals surface area contributed by atoms with Gasteiger partial charge in [0, 0.05) is 12.3 Å². The number of nitrogens with one attached hydrogen (secondary N) is 1. The summed E-state index contributed by atoms with van der Waals surface area (Å²) in [7, 11) is 1.40. The van der Waals surface area contributed by atoms with Crippen LogP contribution in [-0.4, -0.2) is 67.6 Å². The molecule has 3 aromatic rings. The Labute approximate surface area is 267 Å². The van der Waals surface area contributed by atoms with Gasteiger partial charge in [-0.2, -0.15) is 0 Å². The van der Waals surface area contributed by atoms with E-state index in [1.165, 1.54) is 26.3 Å². The van der Waals surface area contributed by atoms with Crippen LogP contribution < -0.4 is 14.8 Å². The predicted octanol–water partition coefficient (Wildman–Crippen LogP) is 3.66. The maximum atomic E-state index is 13.5. The highest BCUT2D eigenvalue weighted by Crippen LogP contribution is 2.30. The van der Waals surface area contributed by atoms with E-state index in [0.29, 0.717) is 0 Å². The van der Waals surface area contributed by atoms with Gasteiger partial charge in [0.2, 0.25) is 0 Å². The van der Waals surface area contributed by atoms with E-state index in [2.05, 4.69) is 10.3 Å². The fraction of sp³-hybridized carbons (Fsp3) is 0.382. The number of carbonyl (C=O) groups excluding carboxylic acids is 4. The average molecular weight is 635 g/mol. The van der Waals surface area contributed by atoms with E-state index in [0.717, 1.165) is 11.1 Å². The second kappa shape index (κ2) is 16.4. The number of hydrogen-bond donors (Lipinski definition) is 1. The van der Waals surface area contributed by atoms with Crippen molar-refractivity contribution in [3.05, 3.63) is 89.7 Å². The van der Waals surface area contributed by atoms with Gasteiger partial charge in [-0.1, -0.05) is 74.5 Å². The molecule has 0 aliphatic carbocycles. The molecule has 12 nitrogen and oxygen atoms in total. The summed E-state index contributed by atoms with van der Waals surface area (Å²) in [5, 5.41) is 2.53. The lowest BCUT2D eigenvalue weighted by Gasteiger charge is -2.29. The number of ether oxygens (including phenoxy) is 6. The van der Waals surface area contributed by atoms with E-state index in [1.54, 1.807) is 13.8 Å². The lowest BCUT2D eigenvalue weighted by Crippen LogP contribution is -2.47. The molecule has 12 heteroatoms. The summed E-state index contributed by atoms with van der Waals surface area (Å²) >= 11 is 0. The van der Waals surface area contributed by atoms with Gasteiger partial charge in [0.15, 0.2) is 36.1 Å². The van der Waals surface area contributed by atoms with E-state index in [-0.39, 0.29) is 37.0 Å². The van der Waals surface area contributed by atoms with Crippen molar-refractivity contribution in [2.24, 2.45) is 11.8 Å². The van der Waals surface area contributed by atoms with E-state index < -0.39 is 60.5 Å². The van der Waals surface area contributed by atoms with Crippen LogP contribution in [0, 0.1) is 11.8 Å². The number of hydrogen-bond acceptors (Lipinski definition) is 11. The van der Waals surface area contributed by atoms with E-state index in [4.69, 9.17) is 28.4 Å². The second-order valence-electron chi connectivity index (χ2n) is 10.9. The Morgan fingerprint density at radius 3 is 2.30 bits per heavy atom. The van der Waals surface area contributed by atoms with E-state index >= 15 is 0 Å². The van der Waals surface area contributed by atoms with E-state index in [9.17, 15) is 19.2 Å².